The highest BCUT2D eigenvalue weighted by Gasteiger charge is 2.25. The normalized spacial score (nSPS) is 17.7. The van der Waals surface area contributed by atoms with Crippen molar-refractivity contribution in [2.24, 2.45) is 0 Å². The average Bonchev–Trinajstić information content (AvgIpc) is 2.66. The van der Waals surface area contributed by atoms with Gasteiger partial charge in [0.25, 0.3) is 0 Å². The molecule has 0 aliphatic carbocycles. The predicted molar refractivity (Wildman–Crippen MR) is 74.0 cm³/mol. The Labute approximate surface area is 109 Å². The van der Waals surface area contributed by atoms with E-state index in [9.17, 15) is 0 Å². The molecule has 0 radical (unpaired) electrons. The summed E-state index contributed by atoms with van der Waals surface area (Å²) in [5.74, 6) is 1.08. The Bertz CT molecular complexity index is 405. The molecule has 1 fully saturated rings. The Morgan fingerprint density at radius 3 is 2.44 bits per heavy atom. The molecule has 102 valence electrons. The van der Waals surface area contributed by atoms with Crippen LogP contribution >= 0.6 is 0 Å². The summed E-state index contributed by atoms with van der Waals surface area (Å²) in [7, 11) is 1.79. The quantitative estimate of drug-likeness (QED) is 0.893. The standard InChI is InChI=1S/C13H24N4O/c1-9(2)17-13(12(14)10(3)15-17)16-7-5-11(18-4)6-8-16/h9,11H,5-8,14H2,1-4H3. The molecule has 18 heavy (non-hydrogen) atoms. The number of hydrogen-bond acceptors (Lipinski definition) is 4. The van der Waals surface area contributed by atoms with Crippen LogP contribution in [0.2, 0.25) is 0 Å². The number of nitrogen functional groups attached to an aromatic ring is 1. The molecule has 5 heteroatoms. The summed E-state index contributed by atoms with van der Waals surface area (Å²) in [6.07, 6.45) is 2.50. The topological polar surface area (TPSA) is 56.3 Å². The van der Waals surface area contributed by atoms with Crippen LogP contribution < -0.4 is 10.6 Å². The van der Waals surface area contributed by atoms with Crippen molar-refractivity contribution in [3.8, 4) is 0 Å². The fourth-order valence-electron chi connectivity index (χ4n) is 2.53. The maximum atomic E-state index is 6.18. The minimum absolute atomic E-state index is 0.330. The summed E-state index contributed by atoms with van der Waals surface area (Å²) in [5, 5.41) is 4.54. The number of nitrogens with two attached hydrogens (primary N) is 1. The van der Waals surface area contributed by atoms with E-state index in [1.54, 1.807) is 7.11 Å². The van der Waals surface area contributed by atoms with Gasteiger partial charge in [-0.05, 0) is 33.6 Å². The number of methoxy groups -OCH3 is 1. The van der Waals surface area contributed by atoms with Gasteiger partial charge in [-0.2, -0.15) is 5.10 Å². The second kappa shape index (κ2) is 5.18. The number of rotatable bonds is 3. The largest absolute Gasteiger partial charge is 0.394 e. The van der Waals surface area contributed by atoms with E-state index in [2.05, 4.69) is 23.8 Å². The van der Waals surface area contributed by atoms with Crippen LogP contribution in [0.15, 0.2) is 0 Å². The van der Waals surface area contributed by atoms with Gasteiger partial charge in [0.2, 0.25) is 0 Å². The number of anilines is 2. The molecule has 1 aliphatic heterocycles. The first kappa shape index (κ1) is 13.2. The Morgan fingerprint density at radius 1 is 1.33 bits per heavy atom. The van der Waals surface area contributed by atoms with Gasteiger partial charge in [-0.25, -0.2) is 4.68 Å². The highest BCUT2D eigenvalue weighted by Crippen LogP contribution is 2.31. The second-order valence-electron chi connectivity index (χ2n) is 5.28. The first-order chi connectivity index (χ1) is 8.54. The van der Waals surface area contributed by atoms with Gasteiger partial charge in [0, 0.05) is 26.2 Å². The Morgan fingerprint density at radius 2 is 1.94 bits per heavy atom. The Kier molecular flexibility index (Phi) is 3.80. The molecule has 0 unspecified atom stereocenters. The van der Waals surface area contributed by atoms with Crippen LogP contribution in [-0.2, 0) is 4.74 Å². The zero-order valence-corrected chi connectivity index (χ0v) is 11.8. The van der Waals surface area contributed by atoms with E-state index in [4.69, 9.17) is 10.5 Å². The molecule has 1 aromatic heterocycles. The van der Waals surface area contributed by atoms with Crippen LogP contribution in [0.5, 0.6) is 0 Å². The molecule has 2 rings (SSSR count). The van der Waals surface area contributed by atoms with Gasteiger partial charge in [0.15, 0.2) is 5.82 Å². The molecule has 0 aromatic carbocycles. The average molecular weight is 252 g/mol. The van der Waals surface area contributed by atoms with Crippen molar-refractivity contribution < 1.29 is 4.74 Å². The number of aryl methyl sites for hydroxylation is 1. The van der Waals surface area contributed by atoms with Gasteiger partial charge in [0.05, 0.1) is 17.5 Å². The molecule has 0 atom stereocenters. The van der Waals surface area contributed by atoms with E-state index in [0.717, 1.165) is 43.1 Å². The van der Waals surface area contributed by atoms with Crippen molar-refractivity contribution in [3.05, 3.63) is 5.69 Å². The molecule has 0 amide bonds. The Balaban J connectivity index is 2.23. The van der Waals surface area contributed by atoms with E-state index in [0.29, 0.717) is 12.1 Å². The Hall–Kier alpha value is -1.23. The fraction of sp³-hybridized carbons (Fsp3) is 0.769. The van der Waals surface area contributed by atoms with Crippen molar-refractivity contribution in [1.82, 2.24) is 9.78 Å². The maximum absolute atomic E-state index is 6.18. The summed E-state index contributed by atoms with van der Waals surface area (Å²) in [6.45, 7) is 8.22. The van der Waals surface area contributed by atoms with Crippen molar-refractivity contribution >= 4 is 11.5 Å². The highest BCUT2D eigenvalue weighted by molar-refractivity contribution is 5.66. The lowest BCUT2D eigenvalue weighted by Crippen LogP contribution is -2.38. The number of ether oxygens (including phenoxy) is 1. The first-order valence-electron chi connectivity index (χ1n) is 6.67. The SMILES string of the molecule is COC1CCN(c2c(N)c(C)nn2C(C)C)CC1. The summed E-state index contributed by atoms with van der Waals surface area (Å²) >= 11 is 0. The summed E-state index contributed by atoms with van der Waals surface area (Å²) < 4.78 is 7.45. The molecule has 2 heterocycles. The lowest BCUT2D eigenvalue weighted by molar-refractivity contribution is 0.0816. The molecule has 5 nitrogen and oxygen atoms in total. The zero-order valence-electron chi connectivity index (χ0n) is 11.8. The first-order valence-corrected chi connectivity index (χ1v) is 6.67. The highest BCUT2D eigenvalue weighted by atomic mass is 16.5. The summed E-state index contributed by atoms with van der Waals surface area (Å²) in [4.78, 5) is 2.34. The maximum Gasteiger partial charge on any atom is 0.150 e. The van der Waals surface area contributed by atoms with Gasteiger partial charge in [-0.1, -0.05) is 0 Å². The third kappa shape index (κ3) is 2.32. The van der Waals surface area contributed by atoms with Crippen molar-refractivity contribution in [1.29, 1.82) is 0 Å². The third-order valence-electron chi connectivity index (χ3n) is 3.67. The summed E-state index contributed by atoms with van der Waals surface area (Å²) in [5.41, 5.74) is 7.93. The minimum atomic E-state index is 0.330. The molecule has 1 aromatic rings. The third-order valence-corrected chi connectivity index (χ3v) is 3.67. The van der Waals surface area contributed by atoms with Gasteiger partial charge >= 0.3 is 0 Å². The molecular weight excluding hydrogens is 228 g/mol. The van der Waals surface area contributed by atoms with Crippen molar-refractivity contribution in [2.45, 2.75) is 45.8 Å². The molecule has 1 aliphatic rings. The number of nitrogens with zero attached hydrogens (tertiary/aromatic N) is 3. The molecule has 0 saturated carbocycles. The van der Waals surface area contributed by atoms with E-state index in [1.807, 2.05) is 11.6 Å². The number of piperidine rings is 1. The lowest BCUT2D eigenvalue weighted by Gasteiger charge is -2.33. The van der Waals surface area contributed by atoms with Crippen LogP contribution in [-0.4, -0.2) is 36.1 Å². The minimum Gasteiger partial charge on any atom is -0.394 e. The van der Waals surface area contributed by atoms with E-state index in [-0.39, 0.29) is 0 Å². The predicted octanol–water partition coefficient (Wildman–Crippen LogP) is 1.97. The smallest absolute Gasteiger partial charge is 0.150 e. The van der Waals surface area contributed by atoms with Crippen molar-refractivity contribution in [3.63, 3.8) is 0 Å². The van der Waals surface area contributed by atoms with E-state index < -0.39 is 0 Å². The van der Waals surface area contributed by atoms with E-state index >= 15 is 0 Å². The number of hydrogen-bond donors (Lipinski definition) is 1. The monoisotopic (exact) mass is 252 g/mol. The fourth-order valence-corrected chi connectivity index (χ4v) is 2.53. The number of aromatic nitrogens is 2. The van der Waals surface area contributed by atoms with Crippen LogP contribution in [0.4, 0.5) is 11.5 Å². The zero-order chi connectivity index (χ0) is 13.3. The molecular formula is C13H24N4O. The van der Waals surface area contributed by atoms with Crippen LogP contribution in [0.25, 0.3) is 0 Å². The molecule has 2 N–H and O–H groups in total. The van der Waals surface area contributed by atoms with Crippen molar-refractivity contribution in [2.75, 3.05) is 30.8 Å². The van der Waals surface area contributed by atoms with Crippen LogP contribution in [0.3, 0.4) is 0 Å². The van der Waals surface area contributed by atoms with Gasteiger partial charge < -0.3 is 15.4 Å². The summed E-state index contributed by atoms with van der Waals surface area (Å²) in [6, 6.07) is 0.330. The lowest BCUT2D eigenvalue weighted by atomic mass is 10.1. The van der Waals surface area contributed by atoms with E-state index in [1.165, 1.54) is 0 Å². The van der Waals surface area contributed by atoms with Gasteiger partial charge in [0.1, 0.15) is 0 Å². The van der Waals surface area contributed by atoms with Crippen LogP contribution in [0, 0.1) is 6.92 Å². The van der Waals surface area contributed by atoms with Gasteiger partial charge in [-0.15, -0.1) is 0 Å². The molecule has 0 spiro atoms. The molecule has 1 saturated heterocycles. The van der Waals surface area contributed by atoms with Gasteiger partial charge in [-0.3, -0.25) is 0 Å². The van der Waals surface area contributed by atoms with Crippen LogP contribution in [0.1, 0.15) is 38.4 Å². The molecule has 0 bridgehead atoms. The second-order valence-corrected chi connectivity index (χ2v) is 5.28.